The average Bonchev–Trinajstić information content (AvgIpc) is 2.26. The third kappa shape index (κ3) is 4.63. The Morgan fingerprint density at radius 3 is 2.69 bits per heavy atom. The molecule has 1 aromatic rings. The van der Waals surface area contributed by atoms with Crippen LogP contribution in [0.5, 0.6) is 5.75 Å². The molecule has 0 aromatic heterocycles. The number of carboxylic acids is 1. The lowest BCUT2D eigenvalue weighted by atomic mass is 10.3. The summed E-state index contributed by atoms with van der Waals surface area (Å²) in [6.07, 6.45) is 0. The molecule has 1 atom stereocenters. The first-order chi connectivity index (χ1) is 7.59. The number of hydrogen-bond acceptors (Lipinski definition) is 3. The Kier molecular flexibility index (Phi) is 5.28. The van der Waals surface area contributed by atoms with Crippen molar-refractivity contribution < 1.29 is 14.6 Å². The van der Waals surface area contributed by atoms with Gasteiger partial charge in [0, 0.05) is 11.0 Å². The van der Waals surface area contributed by atoms with Crippen molar-refractivity contribution in [1.29, 1.82) is 0 Å². The van der Waals surface area contributed by atoms with Crippen molar-refractivity contribution in [2.24, 2.45) is 0 Å². The van der Waals surface area contributed by atoms with Gasteiger partial charge < -0.3 is 15.2 Å². The predicted octanol–water partition coefficient (Wildman–Crippen LogP) is 1.89. The first kappa shape index (κ1) is 13.0. The van der Waals surface area contributed by atoms with E-state index in [1.807, 2.05) is 24.3 Å². The van der Waals surface area contributed by atoms with Gasteiger partial charge in [-0.2, -0.15) is 0 Å². The second-order valence-corrected chi connectivity index (χ2v) is 4.23. The molecule has 0 radical (unpaired) electrons. The lowest BCUT2D eigenvalue weighted by Crippen LogP contribution is -2.36. The van der Waals surface area contributed by atoms with Crippen molar-refractivity contribution in [1.82, 2.24) is 5.32 Å². The van der Waals surface area contributed by atoms with Gasteiger partial charge in [0.05, 0.1) is 0 Å². The average molecular weight is 288 g/mol. The van der Waals surface area contributed by atoms with Crippen molar-refractivity contribution in [3.8, 4) is 5.75 Å². The van der Waals surface area contributed by atoms with E-state index in [2.05, 4.69) is 21.2 Å². The van der Waals surface area contributed by atoms with Gasteiger partial charge in [0.25, 0.3) is 0 Å². The monoisotopic (exact) mass is 287 g/mol. The maximum Gasteiger partial charge on any atom is 0.320 e. The van der Waals surface area contributed by atoms with Crippen LogP contribution >= 0.6 is 15.9 Å². The molecular formula is C11H14BrNO3. The molecule has 16 heavy (non-hydrogen) atoms. The SMILES string of the molecule is C[C@H](NCCOc1ccc(Br)cc1)C(=O)O. The minimum atomic E-state index is -0.858. The fourth-order valence-corrected chi connectivity index (χ4v) is 1.33. The number of ether oxygens (including phenoxy) is 1. The summed E-state index contributed by atoms with van der Waals surface area (Å²) in [4.78, 5) is 10.5. The van der Waals surface area contributed by atoms with Crippen LogP contribution in [-0.4, -0.2) is 30.3 Å². The molecule has 1 aromatic carbocycles. The number of carboxylic acid groups (broad SMARTS) is 1. The van der Waals surface area contributed by atoms with Crippen molar-refractivity contribution >= 4 is 21.9 Å². The van der Waals surface area contributed by atoms with E-state index in [4.69, 9.17) is 9.84 Å². The molecule has 0 fully saturated rings. The number of nitrogens with one attached hydrogen (secondary N) is 1. The number of hydrogen-bond donors (Lipinski definition) is 2. The van der Waals surface area contributed by atoms with Gasteiger partial charge in [0.1, 0.15) is 18.4 Å². The van der Waals surface area contributed by atoms with Crippen LogP contribution in [0.15, 0.2) is 28.7 Å². The highest BCUT2D eigenvalue weighted by atomic mass is 79.9. The minimum absolute atomic E-state index is 0.444. The lowest BCUT2D eigenvalue weighted by Gasteiger charge is -2.10. The molecule has 0 spiro atoms. The molecule has 88 valence electrons. The van der Waals surface area contributed by atoms with Crippen molar-refractivity contribution in [2.75, 3.05) is 13.2 Å². The Bertz CT molecular complexity index is 340. The van der Waals surface area contributed by atoms with Gasteiger partial charge in [0.15, 0.2) is 0 Å². The summed E-state index contributed by atoms with van der Waals surface area (Å²) in [6, 6.07) is 6.94. The molecule has 0 bridgehead atoms. The summed E-state index contributed by atoms with van der Waals surface area (Å²) in [5, 5.41) is 11.5. The van der Waals surface area contributed by atoms with Gasteiger partial charge in [0.2, 0.25) is 0 Å². The molecule has 0 amide bonds. The highest BCUT2D eigenvalue weighted by Crippen LogP contribution is 2.15. The molecule has 5 heteroatoms. The predicted molar refractivity (Wildman–Crippen MR) is 64.7 cm³/mol. The lowest BCUT2D eigenvalue weighted by molar-refractivity contribution is -0.139. The van der Waals surface area contributed by atoms with Crippen LogP contribution in [0.4, 0.5) is 0 Å². The molecule has 1 rings (SSSR count). The summed E-state index contributed by atoms with van der Waals surface area (Å²) >= 11 is 3.33. The Morgan fingerprint density at radius 1 is 1.50 bits per heavy atom. The third-order valence-electron chi connectivity index (χ3n) is 2.01. The topological polar surface area (TPSA) is 58.6 Å². The first-order valence-corrected chi connectivity index (χ1v) is 5.73. The van der Waals surface area contributed by atoms with E-state index in [-0.39, 0.29) is 0 Å². The minimum Gasteiger partial charge on any atom is -0.492 e. The maximum atomic E-state index is 10.5. The van der Waals surface area contributed by atoms with Crippen LogP contribution < -0.4 is 10.1 Å². The van der Waals surface area contributed by atoms with Crippen LogP contribution in [0, 0.1) is 0 Å². The molecule has 0 unspecified atom stereocenters. The number of aliphatic carboxylic acids is 1. The molecule has 0 aliphatic heterocycles. The van der Waals surface area contributed by atoms with Crippen LogP contribution in [0.3, 0.4) is 0 Å². The maximum absolute atomic E-state index is 10.5. The van der Waals surface area contributed by atoms with Crippen LogP contribution in [0.2, 0.25) is 0 Å². The molecule has 0 aliphatic carbocycles. The number of rotatable bonds is 6. The zero-order valence-corrected chi connectivity index (χ0v) is 10.5. The zero-order valence-electron chi connectivity index (χ0n) is 8.94. The van der Waals surface area contributed by atoms with Crippen LogP contribution in [-0.2, 0) is 4.79 Å². The Labute approximate surface area is 103 Å². The van der Waals surface area contributed by atoms with Gasteiger partial charge in [-0.15, -0.1) is 0 Å². The first-order valence-electron chi connectivity index (χ1n) is 4.94. The molecule has 2 N–H and O–H groups in total. The van der Waals surface area contributed by atoms with Crippen LogP contribution in [0.25, 0.3) is 0 Å². The summed E-state index contributed by atoms with van der Waals surface area (Å²) < 4.78 is 6.41. The molecule has 0 heterocycles. The highest BCUT2D eigenvalue weighted by molar-refractivity contribution is 9.10. The second-order valence-electron chi connectivity index (χ2n) is 3.32. The molecular weight excluding hydrogens is 274 g/mol. The van der Waals surface area contributed by atoms with E-state index in [0.717, 1.165) is 10.2 Å². The Balaban J connectivity index is 2.21. The van der Waals surface area contributed by atoms with Gasteiger partial charge in [-0.05, 0) is 31.2 Å². The quantitative estimate of drug-likeness (QED) is 0.785. The summed E-state index contributed by atoms with van der Waals surface area (Å²) in [6.45, 7) is 2.55. The summed E-state index contributed by atoms with van der Waals surface area (Å²) in [5.74, 6) is -0.0865. The smallest absolute Gasteiger partial charge is 0.320 e. The van der Waals surface area contributed by atoms with E-state index in [9.17, 15) is 4.79 Å². The molecule has 0 aliphatic rings. The highest BCUT2D eigenvalue weighted by Gasteiger charge is 2.08. The number of carbonyl (C=O) groups is 1. The van der Waals surface area contributed by atoms with Gasteiger partial charge >= 0.3 is 5.97 Å². The van der Waals surface area contributed by atoms with Crippen LogP contribution in [0.1, 0.15) is 6.92 Å². The fourth-order valence-electron chi connectivity index (χ4n) is 1.06. The van der Waals surface area contributed by atoms with Crippen molar-refractivity contribution in [3.05, 3.63) is 28.7 Å². The largest absolute Gasteiger partial charge is 0.492 e. The summed E-state index contributed by atoms with van der Waals surface area (Å²) in [5.41, 5.74) is 0. The molecule has 0 saturated heterocycles. The third-order valence-corrected chi connectivity index (χ3v) is 2.53. The van der Waals surface area contributed by atoms with Crippen molar-refractivity contribution in [3.63, 3.8) is 0 Å². The Morgan fingerprint density at radius 2 is 2.12 bits per heavy atom. The van der Waals surface area contributed by atoms with E-state index >= 15 is 0 Å². The normalized spacial score (nSPS) is 12.1. The zero-order chi connectivity index (χ0) is 12.0. The standard InChI is InChI=1S/C11H14BrNO3/c1-8(11(14)15)13-6-7-16-10-4-2-9(12)3-5-10/h2-5,8,13H,6-7H2,1H3,(H,14,15)/t8-/m0/s1. The van der Waals surface area contributed by atoms with E-state index in [1.54, 1.807) is 6.92 Å². The van der Waals surface area contributed by atoms with Gasteiger partial charge in [-0.3, -0.25) is 4.79 Å². The van der Waals surface area contributed by atoms with E-state index in [0.29, 0.717) is 13.2 Å². The second kappa shape index (κ2) is 6.50. The fraction of sp³-hybridized carbons (Fsp3) is 0.364. The summed E-state index contributed by atoms with van der Waals surface area (Å²) in [7, 11) is 0. The van der Waals surface area contributed by atoms with Gasteiger partial charge in [-0.25, -0.2) is 0 Å². The van der Waals surface area contributed by atoms with Gasteiger partial charge in [-0.1, -0.05) is 15.9 Å². The van der Waals surface area contributed by atoms with E-state index < -0.39 is 12.0 Å². The number of benzene rings is 1. The molecule has 0 saturated carbocycles. The van der Waals surface area contributed by atoms with E-state index in [1.165, 1.54) is 0 Å². The number of halogens is 1. The molecule has 4 nitrogen and oxygen atoms in total. The Hall–Kier alpha value is -1.07. The van der Waals surface area contributed by atoms with Crippen molar-refractivity contribution in [2.45, 2.75) is 13.0 Å².